The summed E-state index contributed by atoms with van der Waals surface area (Å²) >= 11 is 3.28. The number of hydrogen-bond donors (Lipinski definition) is 1. The number of alkyl halides is 2. The summed E-state index contributed by atoms with van der Waals surface area (Å²) in [6.07, 6.45) is 0. The molecule has 0 fully saturated rings. The van der Waals surface area contributed by atoms with Gasteiger partial charge in [-0.2, -0.15) is 8.78 Å². The molecule has 2 aromatic carbocycles. The summed E-state index contributed by atoms with van der Waals surface area (Å²) in [5, 5.41) is 2.93. The Labute approximate surface area is 129 Å². The average Bonchev–Trinajstić information content (AvgIpc) is 2.44. The molecular weight excluding hydrogens is 347 g/mol. The van der Waals surface area contributed by atoms with E-state index in [9.17, 15) is 13.2 Å². The average molecular weight is 360 g/mol. The van der Waals surface area contributed by atoms with Gasteiger partial charge in [-0.05, 0) is 31.3 Å². The van der Waals surface area contributed by atoms with Crippen LogP contribution in [0.25, 0.3) is 0 Å². The lowest BCUT2D eigenvalue weighted by molar-refractivity contribution is -0.0506. The van der Waals surface area contributed by atoms with Gasteiger partial charge in [-0.15, -0.1) is 0 Å². The molecule has 0 radical (unpaired) electrons. The molecule has 2 aromatic rings. The first-order chi connectivity index (χ1) is 10.0. The lowest BCUT2D eigenvalue weighted by Crippen LogP contribution is -2.20. The minimum Gasteiger partial charge on any atom is -0.434 e. The van der Waals surface area contributed by atoms with Crippen molar-refractivity contribution < 1.29 is 17.9 Å². The van der Waals surface area contributed by atoms with Gasteiger partial charge in [-0.1, -0.05) is 34.1 Å². The van der Waals surface area contributed by atoms with E-state index >= 15 is 0 Å². The number of nitrogens with one attached hydrogen (secondary N) is 1. The van der Waals surface area contributed by atoms with Crippen molar-refractivity contribution in [3.8, 4) is 5.75 Å². The van der Waals surface area contributed by atoms with E-state index in [2.05, 4.69) is 26.0 Å². The van der Waals surface area contributed by atoms with E-state index in [0.29, 0.717) is 15.6 Å². The molecule has 1 unspecified atom stereocenters. The van der Waals surface area contributed by atoms with Crippen LogP contribution in [0.1, 0.15) is 17.2 Å². The standard InChI is InChI=1S/C15H13BrF3NO/c1-20-14(11-8-9(16)6-7-12(11)17)10-4-2-3-5-13(10)21-15(18)19/h2-8,14-15,20H,1H3. The van der Waals surface area contributed by atoms with Crippen LogP contribution in [0.4, 0.5) is 13.2 Å². The molecule has 2 nitrogen and oxygen atoms in total. The predicted molar refractivity (Wildman–Crippen MR) is 78.1 cm³/mol. The van der Waals surface area contributed by atoms with Crippen LogP contribution in [-0.2, 0) is 0 Å². The predicted octanol–water partition coefficient (Wildman–Crippen LogP) is 4.50. The van der Waals surface area contributed by atoms with E-state index in [-0.39, 0.29) is 5.75 Å². The first kappa shape index (κ1) is 15.9. The highest BCUT2D eigenvalue weighted by atomic mass is 79.9. The lowest BCUT2D eigenvalue weighted by atomic mass is 9.97. The highest BCUT2D eigenvalue weighted by Crippen LogP contribution is 2.33. The zero-order valence-corrected chi connectivity index (χ0v) is 12.7. The summed E-state index contributed by atoms with van der Waals surface area (Å²) in [6, 6.07) is 10.2. The van der Waals surface area contributed by atoms with Crippen molar-refractivity contribution in [3.63, 3.8) is 0 Å². The van der Waals surface area contributed by atoms with Crippen LogP contribution in [-0.4, -0.2) is 13.7 Å². The Hall–Kier alpha value is -1.53. The van der Waals surface area contributed by atoms with Crippen molar-refractivity contribution in [2.75, 3.05) is 7.05 Å². The molecule has 1 N–H and O–H groups in total. The molecule has 0 heterocycles. The number of halogens is 4. The zero-order valence-electron chi connectivity index (χ0n) is 11.1. The van der Waals surface area contributed by atoms with Crippen molar-refractivity contribution in [2.45, 2.75) is 12.7 Å². The molecule has 21 heavy (non-hydrogen) atoms. The molecule has 6 heteroatoms. The smallest absolute Gasteiger partial charge is 0.387 e. The van der Waals surface area contributed by atoms with Crippen LogP contribution >= 0.6 is 15.9 Å². The van der Waals surface area contributed by atoms with Gasteiger partial charge in [-0.25, -0.2) is 4.39 Å². The summed E-state index contributed by atoms with van der Waals surface area (Å²) in [6.45, 7) is -2.93. The first-order valence-electron chi connectivity index (χ1n) is 6.19. The molecular formula is C15H13BrF3NO. The number of ether oxygens (including phenoxy) is 1. The molecule has 0 spiro atoms. The van der Waals surface area contributed by atoms with Gasteiger partial charge in [0.05, 0.1) is 6.04 Å². The first-order valence-corrected chi connectivity index (χ1v) is 6.98. The zero-order chi connectivity index (χ0) is 15.4. The van der Waals surface area contributed by atoms with Gasteiger partial charge in [0, 0.05) is 15.6 Å². The quantitative estimate of drug-likeness (QED) is 0.848. The summed E-state index contributed by atoms with van der Waals surface area (Å²) in [4.78, 5) is 0. The van der Waals surface area contributed by atoms with Crippen molar-refractivity contribution >= 4 is 15.9 Å². The molecule has 0 aliphatic rings. The number of benzene rings is 2. The molecule has 112 valence electrons. The lowest BCUT2D eigenvalue weighted by Gasteiger charge is -2.21. The Balaban J connectivity index is 2.49. The second-order valence-corrected chi connectivity index (χ2v) is 5.22. The van der Waals surface area contributed by atoms with E-state index in [1.54, 1.807) is 37.4 Å². The van der Waals surface area contributed by atoms with Gasteiger partial charge in [0.15, 0.2) is 0 Å². The molecule has 0 aliphatic heterocycles. The SMILES string of the molecule is CNC(c1cc(Br)ccc1F)c1ccccc1OC(F)F. The van der Waals surface area contributed by atoms with Crippen molar-refractivity contribution in [1.82, 2.24) is 5.32 Å². The Morgan fingerprint density at radius 1 is 1.10 bits per heavy atom. The Morgan fingerprint density at radius 2 is 1.81 bits per heavy atom. The molecule has 2 rings (SSSR count). The third-order valence-corrected chi connectivity index (χ3v) is 3.50. The van der Waals surface area contributed by atoms with Gasteiger partial charge < -0.3 is 10.1 Å². The van der Waals surface area contributed by atoms with Crippen LogP contribution in [0, 0.1) is 5.82 Å². The minimum absolute atomic E-state index is 0.0197. The maximum Gasteiger partial charge on any atom is 0.387 e. The normalized spacial score (nSPS) is 12.5. The largest absolute Gasteiger partial charge is 0.434 e. The van der Waals surface area contributed by atoms with Gasteiger partial charge >= 0.3 is 6.61 Å². The van der Waals surface area contributed by atoms with E-state index < -0.39 is 18.5 Å². The molecule has 0 saturated carbocycles. The number of para-hydroxylation sites is 1. The highest BCUT2D eigenvalue weighted by Gasteiger charge is 2.21. The fourth-order valence-electron chi connectivity index (χ4n) is 2.14. The van der Waals surface area contributed by atoms with Crippen molar-refractivity contribution in [3.05, 3.63) is 63.9 Å². The maximum absolute atomic E-state index is 14.0. The second-order valence-electron chi connectivity index (χ2n) is 4.30. The summed E-state index contributed by atoms with van der Waals surface area (Å²) in [5.41, 5.74) is 0.787. The van der Waals surface area contributed by atoms with Crippen molar-refractivity contribution in [2.24, 2.45) is 0 Å². The molecule has 0 aromatic heterocycles. The fourth-order valence-corrected chi connectivity index (χ4v) is 2.52. The van der Waals surface area contributed by atoms with E-state index in [1.807, 2.05) is 0 Å². The minimum atomic E-state index is -2.93. The number of hydrogen-bond acceptors (Lipinski definition) is 2. The van der Waals surface area contributed by atoms with Crippen LogP contribution in [0.3, 0.4) is 0 Å². The van der Waals surface area contributed by atoms with Crippen molar-refractivity contribution in [1.29, 1.82) is 0 Å². The highest BCUT2D eigenvalue weighted by molar-refractivity contribution is 9.10. The van der Waals surface area contributed by atoms with E-state index in [1.165, 1.54) is 12.1 Å². The second kappa shape index (κ2) is 6.95. The third-order valence-electron chi connectivity index (χ3n) is 3.00. The van der Waals surface area contributed by atoms with Gasteiger partial charge in [0.25, 0.3) is 0 Å². The molecule has 1 atom stereocenters. The van der Waals surface area contributed by atoms with E-state index in [4.69, 9.17) is 0 Å². The summed E-state index contributed by atoms with van der Waals surface area (Å²) in [5.74, 6) is -0.407. The van der Waals surface area contributed by atoms with Crippen LogP contribution in [0.2, 0.25) is 0 Å². The summed E-state index contributed by atoms with van der Waals surface area (Å²) < 4.78 is 44.2. The van der Waals surface area contributed by atoms with Gasteiger partial charge in [0.2, 0.25) is 0 Å². The molecule has 0 saturated heterocycles. The maximum atomic E-state index is 14.0. The molecule has 0 bridgehead atoms. The number of rotatable bonds is 5. The third kappa shape index (κ3) is 3.77. The monoisotopic (exact) mass is 359 g/mol. The molecule has 0 amide bonds. The Morgan fingerprint density at radius 3 is 2.48 bits per heavy atom. The fraction of sp³-hybridized carbons (Fsp3) is 0.200. The van der Waals surface area contributed by atoms with Gasteiger partial charge in [-0.3, -0.25) is 0 Å². The van der Waals surface area contributed by atoms with Crippen LogP contribution in [0.15, 0.2) is 46.9 Å². The Bertz CT molecular complexity index is 622. The van der Waals surface area contributed by atoms with Crippen LogP contribution in [0.5, 0.6) is 5.75 Å². The topological polar surface area (TPSA) is 21.3 Å². The van der Waals surface area contributed by atoms with Crippen LogP contribution < -0.4 is 10.1 Å². The van der Waals surface area contributed by atoms with E-state index in [0.717, 1.165) is 0 Å². The Kier molecular flexibility index (Phi) is 5.25. The summed E-state index contributed by atoms with van der Waals surface area (Å²) in [7, 11) is 1.63. The molecule has 0 aliphatic carbocycles. The van der Waals surface area contributed by atoms with Gasteiger partial charge in [0.1, 0.15) is 11.6 Å².